The van der Waals surface area contributed by atoms with Crippen LogP contribution in [0.15, 0.2) is 24.9 Å². The van der Waals surface area contributed by atoms with Gasteiger partial charge in [-0.3, -0.25) is 4.79 Å². The van der Waals surface area contributed by atoms with Gasteiger partial charge in [0.05, 0.1) is 23.6 Å². The molecule has 1 aliphatic heterocycles. The average molecular weight is 334 g/mol. The van der Waals surface area contributed by atoms with Gasteiger partial charge >= 0.3 is 0 Å². The molecule has 23 heavy (non-hydrogen) atoms. The van der Waals surface area contributed by atoms with Crippen molar-refractivity contribution in [3.63, 3.8) is 0 Å². The van der Waals surface area contributed by atoms with E-state index in [1.807, 2.05) is 24.9 Å². The second-order valence-corrected chi connectivity index (χ2v) is 6.54. The molecule has 1 aliphatic rings. The Kier molecular flexibility index (Phi) is 4.61. The first kappa shape index (κ1) is 15.9. The number of hydrogen-bond donors (Lipinski definition) is 0. The Balaban J connectivity index is 1.81. The highest BCUT2D eigenvalue weighted by Crippen LogP contribution is 2.24. The fourth-order valence-electron chi connectivity index (χ4n) is 2.83. The van der Waals surface area contributed by atoms with E-state index in [1.165, 1.54) is 6.20 Å². The highest BCUT2D eigenvalue weighted by Gasteiger charge is 2.27. The molecule has 0 spiro atoms. The van der Waals surface area contributed by atoms with Gasteiger partial charge in [-0.25, -0.2) is 15.0 Å². The van der Waals surface area contributed by atoms with Crippen LogP contribution in [0.5, 0.6) is 0 Å². The van der Waals surface area contributed by atoms with Gasteiger partial charge in [0.1, 0.15) is 5.82 Å². The van der Waals surface area contributed by atoms with Gasteiger partial charge in [-0.2, -0.15) is 0 Å². The monoisotopic (exact) mass is 333 g/mol. The Bertz CT molecular complexity index is 686. The van der Waals surface area contributed by atoms with Crippen molar-refractivity contribution in [2.75, 3.05) is 13.1 Å². The number of rotatable bonds is 3. The number of hydrogen-bond acceptors (Lipinski definition) is 4. The number of aromatic nitrogens is 4. The summed E-state index contributed by atoms with van der Waals surface area (Å²) in [5.74, 6) is 0.670. The number of carbonyl (C=O) groups is 1. The lowest BCUT2D eigenvalue weighted by atomic mass is 10.1. The van der Waals surface area contributed by atoms with Crippen LogP contribution in [0.25, 0.3) is 0 Å². The largest absolute Gasteiger partial charge is 0.335 e. The van der Waals surface area contributed by atoms with Crippen molar-refractivity contribution in [3.8, 4) is 0 Å². The van der Waals surface area contributed by atoms with Crippen LogP contribution < -0.4 is 0 Å². The second-order valence-electron chi connectivity index (χ2n) is 6.14. The van der Waals surface area contributed by atoms with Crippen LogP contribution in [0.3, 0.4) is 0 Å². The lowest BCUT2D eigenvalue weighted by molar-refractivity contribution is 0.0673. The predicted molar refractivity (Wildman–Crippen MR) is 87.5 cm³/mol. The summed E-state index contributed by atoms with van der Waals surface area (Å²) in [7, 11) is 0. The van der Waals surface area contributed by atoms with Gasteiger partial charge < -0.3 is 9.47 Å². The van der Waals surface area contributed by atoms with E-state index in [9.17, 15) is 4.79 Å². The highest BCUT2D eigenvalue weighted by atomic mass is 35.5. The lowest BCUT2D eigenvalue weighted by Gasteiger charge is -2.33. The molecule has 1 amide bonds. The van der Waals surface area contributed by atoms with Crippen molar-refractivity contribution in [2.45, 2.75) is 38.6 Å². The van der Waals surface area contributed by atoms with Gasteiger partial charge in [-0.05, 0) is 12.8 Å². The maximum atomic E-state index is 12.8. The SMILES string of the molecule is CC(C)c1ncc(Cl)c(C(=O)N2CCC[C@@H](n3ccnc3)C2)n1. The summed E-state index contributed by atoms with van der Waals surface area (Å²) in [5, 5.41) is 0.309. The molecule has 1 fully saturated rings. The first-order chi connectivity index (χ1) is 11.1. The zero-order chi connectivity index (χ0) is 16.4. The van der Waals surface area contributed by atoms with Gasteiger partial charge in [0.2, 0.25) is 0 Å². The van der Waals surface area contributed by atoms with Crippen molar-refractivity contribution in [3.05, 3.63) is 41.5 Å². The summed E-state index contributed by atoms with van der Waals surface area (Å²) >= 11 is 6.16. The molecule has 7 heteroatoms. The van der Waals surface area contributed by atoms with Crippen LogP contribution in [0, 0.1) is 0 Å². The lowest BCUT2D eigenvalue weighted by Crippen LogP contribution is -2.41. The Morgan fingerprint density at radius 1 is 1.43 bits per heavy atom. The van der Waals surface area contributed by atoms with Crippen molar-refractivity contribution < 1.29 is 4.79 Å². The van der Waals surface area contributed by atoms with E-state index >= 15 is 0 Å². The molecule has 0 aromatic carbocycles. The molecular weight excluding hydrogens is 314 g/mol. The van der Waals surface area contributed by atoms with E-state index in [0.29, 0.717) is 23.1 Å². The number of nitrogens with zero attached hydrogens (tertiary/aromatic N) is 5. The van der Waals surface area contributed by atoms with Gasteiger partial charge in [0.15, 0.2) is 5.69 Å². The van der Waals surface area contributed by atoms with Crippen molar-refractivity contribution in [1.29, 1.82) is 0 Å². The molecule has 0 saturated carbocycles. The van der Waals surface area contributed by atoms with Crippen molar-refractivity contribution in [1.82, 2.24) is 24.4 Å². The molecule has 0 unspecified atom stereocenters. The predicted octanol–water partition coefficient (Wildman–Crippen LogP) is 2.93. The zero-order valence-electron chi connectivity index (χ0n) is 13.3. The van der Waals surface area contributed by atoms with Gasteiger partial charge in [-0.1, -0.05) is 25.4 Å². The summed E-state index contributed by atoms with van der Waals surface area (Å²) in [4.78, 5) is 27.3. The topological polar surface area (TPSA) is 63.9 Å². The fourth-order valence-corrected chi connectivity index (χ4v) is 3.00. The molecule has 2 aromatic heterocycles. The fraction of sp³-hybridized carbons (Fsp3) is 0.500. The van der Waals surface area contributed by atoms with Crippen LogP contribution in [-0.2, 0) is 0 Å². The normalized spacial score (nSPS) is 18.4. The summed E-state index contributed by atoms with van der Waals surface area (Å²) in [6.07, 6.45) is 9.01. The van der Waals surface area contributed by atoms with Gasteiger partial charge in [0, 0.05) is 31.4 Å². The number of amides is 1. The van der Waals surface area contributed by atoms with E-state index in [2.05, 4.69) is 19.5 Å². The van der Waals surface area contributed by atoms with Crippen LogP contribution in [-0.4, -0.2) is 43.4 Å². The minimum atomic E-state index is -0.121. The van der Waals surface area contributed by atoms with E-state index < -0.39 is 0 Å². The number of imidazole rings is 1. The number of carbonyl (C=O) groups excluding carboxylic acids is 1. The molecular formula is C16H20ClN5O. The summed E-state index contributed by atoms with van der Waals surface area (Å²) in [5.41, 5.74) is 0.302. The Morgan fingerprint density at radius 2 is 2.26 bits per heavy atom. The minimum absolute atomic E-state index is 0.121. The molecule has 0 N–H and O–H groups in total. The number of likely N-dealkylation sites (tertiary alicyclic amines) is 1. The first-order valence-corrected chi connectivity index (χ1v) is 8.23. The maximum Gasteiger partial charge on any atom is 0.274 e. The van der Waals surface area contributed by atoms with Crippen molar-refractivity contribution >= 4 is 17.5 Å². The molecule has 122 valence electrons. The van der Waals surface area contributed by atoms with Crippen LogP contribution in [0.4, 0.5) is 0 Å². The molecule has 1 atom stereocenters. The maximum absolute atomic E-state index is 12.8. The smallest absolute Gasteiger partial charge is 0.274 e. The standard InChI is InChI=1S/C16H20ClN5O/c1-11(2)15-19-8-13(17)14(20-15)16(23)21-6-3-4-12(9-21)22-7-5-18-10-22/h5,7-8,10-12H,3-4,6,9H2,1-2H3/t12-/m1/s1. The molecule has 1 saturated heterocycles. The average Bonchev–Trinajstić information content (AvgIpc) is 3.09. The van der Waals surface area contributed by atoms with Crippen LogP contribution >= 0.6 is 11.6 Å². The zero-order valence-corrected chi connectivity index (χ0v) is 14.1. The van der Waals surface area contributed by atoms with E-state index in [0.717, 1.165) is 19.4 Å². The highest BCUT2D eigenvalue weighted by molar-refractivity contribution is 6.33. The van der Waals surface area contributed by atoms with Crippen LogP contribution in [0.1, 0.15) is 55.0 Å². The quantitative estimate of drug-likeness (QED) is 0.866. The van der Waals surface area contributed by atoms with Gasteiger partial charge in [0.25, 0.3) is 5.91 Å². The molecule has 0 aliphatic carbocycles. The second kappa shape index (κ2) is 6.66. The Morgan fingerprint density at radius 3 is 2.96 bits per heavy atom. The first-order valence-electron chi connectivity index (χ1n) is 7.85. The number of halogens is 1. The summed E-state index contributed by atoms with van der Waals surface area (Å²) in [6, 6.07) is 0.250. The Hall–Kier alpha value is -1.95. The summed E-state index contributed by atoms with van der Waals surface area (Å²) in [6.45, 7) is 5.36. The molecule has 3 heterocycles. The van der Waals surface area contributed by atoms with Gasteiger partial charge in [-0.15, -0.1) is 0 Å². The molecule has 3 rings (SSSR count). The summed E-state index contributed by atoms with van der Waals surface area (Å²) < 4.78 is 2.06. The third-order valence-corrected chi connectivity index (χ3v) is 4.39. The third kappa shape index (κ3) is 3.37. The van der Waals surface area contributed by atoms with Crippen LogP contribution in [0.2, 0.25) is 5.02 Å². The molecule has 0 radical (unpaired) electrons. The minimum Gasteiger partial charge on any atom is -0.335 e. The van der Waals surface area contributed by atoms with Crippen molar-refractivity contribution in [2.24, 2.45) is 0 Å². The molecule has 2 aromatic rings. The Labute approximate surface area is 140 Å². The molecule has 0 bridgehead atoms. The van der Waals surface area contributed by atoms with E-state index in [-0.39, 0.29) is 17.9 Å². The third-order valence-electron chi connectivity index (χ3n) is 4.11. The van der Waals surface area contributed by atoms with E-state index in [4.69, 9.17) is 11.6 Å². The number of piperidine rings is 1. The van der Waals surface area contributed by atoms with E-state index in [1.54, 1.807) is 12.5 Å². The molecule has 6 nitrogen and oxygen atoms in total.